The lowest BCUT2D eigenvalue weighted by Gasteiger charge is -2.12. The lowest BCUT2D eigenvalue weighted by Crippen LogP contribution is -2.24. The van der Waals surface area contributed by atoms with Crippen LogP contribution in [0.4, 0.5) is 0 Å². The Hall–Kier alpha value is -3.90. The third-order valence-electron chi connectivity index (χ3n) is 5.62. The normalized spacial score (nSPS) is 11.6. The number of fused-ring (bicyclic) bond motifs is 4. The fourth-order valence-corrected chi connectivity index (χ4v) is 4.32. The number of nitrogens with zero attached hydrogens (tertiary/aromatic N) is 4. The molecule has 6 aromatic rings. The van der Waals surface area contributed by atoms with E-state index in [9.17, 15) is 4.79 Å². The molecule has 0 radical (unpaired) electrons. The number of benzene rings is 3. The molecule has 6 rings (SSSR count). The molecule has 31 heavy (non-hydrogen) atoms. The number of hydrogen-bond donors (Lipinski definition) is 1. The molecule has 0 aliphatic rings. The van der Waals surface area contributed by atoms with Gasteiger partial charge in [-0.3, -0.25) is 13.8 Å². The van der Waals surface area contributed by atoms with E-state index >= 15 is 0 Å². The van der Waals surface area contributed by atoms with Gasteiger partial charge in [0.25, 0.3) is 5.56 Å². The van der Waals surface area contributed by atoms with Crippen LogP contribution >= 0.6 is 11.6 Å². The van der Waals surface area contributed by atoms with E-state index in [2.05, 4.69) is 15.2 Å². The Bertz CT molecular complexity index is 1660. The van der Waals surface area contributed by atoms with Gasteiger partial charge in [0.1, 0.15) is 0 Å². The van der Waals surface area contributed by atoms with E-state index in [0.717, 1.165) is 27.5 Å². The van der Waals surface area contributed by atoms with Crippen molar-refractivity contribution >= 4 is 39.2 Å². The second-order valence-electron chi connectivity index (χ2n) is 7.41. The minimum atomic E-state index is -0.124. The van der Waals surface area contributed by atoms with Crippen molar-refractivity contribution in [3.8, 4) is 11.4 Å². The Morgan fingerprint density at radius 1 is 0.871 bits per heavy atom. The van der Waals surface area contributed by atoms with Crippen LogP contribution in [0.2, 0.25) is 5.02 Å². The van der Waals surface area contributed by atoms with Gasteiger partial charge in [0.2, 0.25) is 5.78 Å². The first kappa shape index (κ1) is 17.9. The predicted octanol–water partition coefficient (Wildman–Crippen LogP) is 4.89. The lowest BCUT2D eigenvalue weighted by atomic mass is 10.1. The van der Waals surface area contributed by atoms with E-state index in [4.69, 9.17) is 11.6 Å². The van der Waals surface area contributed by atoms with Crippen molar-refractivity contribution < 1.29 is 0 Å². The highest BCUT2D eigenvalue weighted by atomic mass is 35.5. The van der Waals surface area contributed by atoms with Crippen molar-refractivity contribution in [1.82, 2.24) is 24.1 Å². The summed E-state index contributed by atoms with van der Waals surface area (Å²) in [4.78, 5) is 16.7. The highest BCUT2D eigenvalue weighted by molar-refractivity contribution is 6.31. The van der Waals surface area contributed by atoms with Gasteiger partial charge in [-0.2, -0.15) is 0 Å². The highest BCUT2D eigenvalue weighted by Crippen LogP contribution is 2.29. The van der Waals surface area contributed by atoms with Crippen molar-refractivity contribution in [3.63, 3.8) is 0 Å². The molecule has 0 aliphatic heterocycles. The van der Waals surface area contributed by atoms with Crippen LogP contribution in [0.1, 0.15) is 5.56 Å². The molecule has 0 saturated carbocycles. The van der Waals surface area contributed by atoms with Gasteiger partial charge in [0, 0.05) is 27.7 Å². The molecule has 0 aliphatic carbocycles. The maximum Gasteiger partial charge on any atom is 0.263 e. The number of para-hydroxylation sites is 2. The van der Waals surface area contributed by atoms with Gasteiger partial charge < -0.3 is 4.98 Å². The van der Waals surface area contributed by atoms with Gasteiger partial charge in [0.05, 0.1) is 17.4 Å². The maximum atomic E-state index is 13.4. The van der Waals surface area contributed by atoms with Crippen LogP contribution in [-0.4, -0.2) is 24.1 Å². The minimum Gasteiger partial charge on any atom is -0.360 e. The van der Waals surface area contributed by atoms with Crippen LogP contribution in [0.3, 0.4) is 0 Å². The number of H-pyrrole nitrogens is 1. The summed E-state index contributed by atoms with van der Waals surface area (Å²) >= 11 is 6.39. The zero-order valence-corrected chi connectivity index (χ0v) is 17.0. The molecule has 150 valence electrons. The number of nitrogens with one attached hydrogen (secondary N) is 1. The monoisotopic (exact) mass is 425 g/mol. The fraction of sp³-hybridized carbons (Fsp3) is 0.0417. The topological polar surface area (TPSA) is 68.0 Å². The summed E-state index contributed by atoms with van der Waals surface area (Å²) in [5.74, 6) is 1.15. The summed E-state index contributed by atoms with van der Waals surface area (Å²) in [6.45, 7) is 0.304. The Labute approximate surface area is 181 Å². The number of aromatic nitrogens is 5. The molecule has 3 aromatic heterocycles. The summed E-state index contributed by atoms with van der Waals surface area (Å²) in [7, 11) is 0. The summed E-state index contributed by atoms with van der Waals surface area (Å²) in [6, 6.07) is 23.1. The lowest BCUT2D eigenvalue weighted by molar-refractivity contribution is 0.767. The fourth-order valence-electron chi connectivity index (χ4n) is 4.13. The summed E-state index contributed by atoms with van der Waals surface area (Å²) in [6.07, 6.45) is 1.93. The van der Waals surface area contributed by atoms with Crippen molar-refractivity contribution in [2.75, 3.05) is 0 Å². The van der Waals surface area contributed by atoms with Crippen molar-refractivity contribution in [2.24, 2.45) is 0 Å². The van der Waals surface area contributed by atoms with E-state index < -0.39 is 0 Å². The maximum absolute atomic E-state index is 13.4. The number of aromatic amines is 1. The molecule has 7 heteroatoms. The molecule has 0 unspecified atom stereocenters. The molecule has 0 fully saturated rings. The average molecular weight is 426 g/mol. The molecule has 0 spiro atoms. The van der Waals surface area contributed by atoms with Gasteiger partial charge in [-0.05, 0) is 29.8 Å². The Morgan fingerprint density at radius 2 is 1.61 bits per heavy atom. The number of rotatable bonds is 3. The second-order valence-corrected chi connectivity index (χ2v) is 7.81. The zero-order chi connectivity index (χ0) is 20.9. The largest absolute Gasteiger partial charge is 0.360 e. The molecule has 3 aromatic carbocycles. The molecule has 0 atom stereocenters. The van der Waals surface area contributed by atoms with Gasteiger partial charge in [-0.25, -0.2) is 0 Å². The Kier molecular flexibility index (Phi) is 3.94. The average Bonchev–Trinajstić information content (AvgIpc) is 3.42. The van der Waals surface area contributed by atoms with Crippen LogP contribution in [0, 0.1) is 0 Å². The van der Waals surface area contributed by atoms with Gasteiger partial charge >= 0.3 is 0 Å². The van der Waals surface area contributed by atoms with Crippen LogP contribution in [-0.2, 0) is 6.54 Å². The van der Waals surface area contributed by atoms with Crippen molar-refractivity contribution in [3.05, 3.63) is 99.9 Å². The first-order chi connectivity index (χ1) is 15.2. The Morgan fingerprint density at radius 3 is 2.48 bits per heavy atom. The zero-order valence-electron chi connectivity index (χ0n) is 16.3. The van der Waals surface area contributed by atoms with E-state index in [1.807, 2.05) is 83.4 Å². The summed E-state index contributed by atoms with van der Waals surface area (Å²) in [5.41, 5.74) is 3.43. The molecule has 0 amide bonds. The van der Waals surface area contributed by atoms with Crippen LogP contribution in [0.15, 0.2) is 83.8 Å². The number of halogens is 1. The van der Waals surface area contributed by atoms with E-state index in [0.29, 0.717) is 28.6 Å². The second kappa shape index (κ2) is 6.82. The van der Waals surface area contributed by atoms with Crippen molar-refractivity contribution in [1.29, 1.82) is 0 Å². The highest BCUT2D eigenvalue weighted by Gasteiger charge is 2.20. The molecule has 0 saturated heterocycles. The first-order valence-electron chi connectivity index (χ1n) is 9.89. The van der Waals surface area contributed by atoms with E-state index in [-0.39, 0.29) is 5.56 Å². The third kappa shape index (κ3) is 2.69. The first-order valence-corrected chi connectivity index (χ1v) is 10.3. The van der Waals surface area contributed by atoms with E-state index in [1.54, 1.807) is 4.57 Å². The smallest absolute Gasteiger partial charge is 0.263 e. The molecular weight excluding hydrogens is 410 g/mol. The molecule has 0 bridgehead atoms. The van der Waals surface area contributed by atoms with Gasteiger partial charge in [0.15, 0.2) is 5.82 Å². The molecular formula is C24H16ClN5O. The molecule has 1 N–H and O–H groups in total. The third-order valence-corrected chi connectivity index (χ3v) is 5.99. The SMILES string of the molecule is O=c1c2ccccc2n2c(-c3c[nH]c4ccccc34)nnc2n1Cc1ccccc1Cl. The van der Waals surface area contributed by atoms with Crippen LogP contribution < -0.4 is 5.56 Å². The van der Waals surface area contributed by atoms with Crippen molar-refractivity contribution in [2.45, 2.75) is 6.54 Å². The molecule has 6 nitrogen and oxygen atoms in total. The standard InChI is InChI=1S/C24H16ClN5O/c25-19-10-4-1-7-15(19)14-29-23(31)17-9-3-6-12-21(17)30-22(27-28-24(29)30)18-13-26-20-11-5-2-8-16(18)20/h1-13,26H,14H2. The van der Waals surface area contributed by atoms with Gasteiger partial charge in [-0.1, -0.05) is 60.1 Å². The van der Waals surface area contributed by atoms with Crippen LogP contribution in [0.5, 0.6) is 0 Å². The predicted molar refractivity (Wildman–Crippen MR) is 123 cm³/mol. The number of hydrogen-bond acceptors (Lipinski definition) is 3. The van der Waals surface area contributed by atoms with E-state index in [1.165, 1.54) is 0 Å². The molecule has 3 heterocycles. The minimum absolute atomic E-state index is 0.124. The van der Waals surface area contributed by atoms with Gasteiger partial charge in [-0.15, -0.1) is 10.2 Å². The quantitative estimate of drug-likeness (QED) is 0.438. The summed E-state index contributed by atoms with van der Waals surface area (Å²) < 4.78 is 3.58. The summed E-state index contributed by atoms with van der Waals surface area (Å²) in [5, 5.41) is 11.2. The Balaban J connectivity index is 1.70. The van der Waals surface area contributed by atoms with Crippen LogP contribution in [0.25, 0.3) is 39.0 Å².